The SMILES string of the molecule is Cc1ccn2c(=O)cc(COC(=O)c3c(C)cccc3[N+](=O)[O-])nc2c1. The lowest BCUT2D eigenvalue weighted by Crippen LogP contribution is -2.17. The molecule has 0 aliphatic carbocycles. The molecule has 0 atom stereocenters. The summed E-state index contributed by atoms with van der Waals surface area (Å²) in [5.41, 5.74) is 1.34. The van der Waals surface area contributed by atoms with Crippen LogP contribution in [0.25, 0.3) is 5.65 Å². The molecule has 0 fully saturated rings. The van der Waals surface area contributed by atoms with Crippen LogP contribution in [0.2, 0.25) is 0 Å². The molecule has 0 radical (unpaired) electrons. The van der Waals surface area contributed by atoms with Gasteiger partial charge in [0.15, 0.2) is 0 Å². The van der Waals surface area contributed by atoms with Crippen LogP contribution in [0.1, 0.15) is 27.2 Å². The van der Waals surface area contributed by atoms with Crippen molar-refractivity contribution in [3.8, 4) is 0 Å². The van der Waals surface area contributed by atoms with Crippen LogP contribution in [-0.2, 0) is 11.3 Å². The molecule has 0 N–H and O–H groups in total. The number of esters is 1. The number of hydrogen-bond acceptors (Lipinski definition) is 6. The Labute approximate surface area is 147 Å². The number of benzene rings is 1. The van der Waals surface area contributed by atoms with E-state index in [2.05, 4.69) is 4.98 Å². The van der Waals surface area contributed by atoms with Gasteiger partial charge in [0.1, 0.15) is 17.8 Å². The van der Waals surface area contributed by atoms with Crippen molar-refractivity contribution in [1.82, 2.24) is 9.38 Å². The number of hydrogen-bond donors (Lipinski definition) is 0. The number of carbonyl (C=O) groups is 1. The maximum absolute atomic E-state index is 12.3. The molecule has 26 heavy (non-hydrogen) atoms. The van der Waals surface area contributed by atoms with Crippen molar-refractivity contribution >= 4 is 17.3 Å². The third kappa shape index (κ3) is 3.30. The van der Waals surface area contributed by atoms with E-state index in [9.17, 15) is 19.7 Å². The van der Waals surface area contributed by atoms with E-state index in [4.69, 9.17) is 4.74 Å². The van der Waals surface area contributed by atoms with Crippen LogP contribution in [0.15, 0.2) is 47.4 Å². The van der Waals surface area contributed by atoms with Gasteiger partial charge >= 0.3 is 5.97 Å². The van der Waals surface area contributed by atoms with Gasteiger partial charge in [-0.05, 0) is 37.1 Å². The van der Waals surface area contributed by atoms with Crippen LogP contribution in [-0.4, -0.2) is 20.3 Å². The lowest BCUT2D eigenvalue weighted by Gasteiger charge is -2.08. The summed E-state index contributed by atoms with van der Waals surface area (Å²) in [6.07, 6.45) is 1.62. The molecule has 3 rings (SSSR count). The van der Waals surface area contributed by atoms with Crippen molar-refractivity contribution in [2.24, 2.45) is 0 Å². The molecule has 1 aromatic carbocycles. The Balaban J connectivity index is 1.88. The fraction of sp³-hybridized carbons (Fsp3) is 0.167. The highest BCUT2D eigenvalue weighted by Gasteiger charge is 2.23. The van der Waals surface area contributed by atoms with Crippen molar-refractivity contribution in [3.05, 3.63) is 85.4 Å². The summed E-state index contributed by atoms with van der Waals surface area (Å²) in [6.45, 7) is 3.20. The van der Waals surface area contributed by atoms with Gasteiger partial charge in [-0.2, -0.15) is 0 Å². The number of ether oxygens (including phenoxy) is 1. The van der Waals surface area contributed by atoms with Gasteiger partial charge in [-0.15, -0.1) is 0 Å². The first-order valence-corrected chi connectivity index (χ1v) is 7.77. The number of nitro benzene ring substituents is 1. The number of aryl methyl sites for hydroxylation is 2. The third-order valence-corrected chi connectivity index (χ3v) is 3.88. The number of nitro groups is 1. The third-order valence-electron chi connectivity index (χ3n) is 3.88. The normalized spacial score (nSPS) is 10.7. The average Bonchev–Trinajstić information content (AvgIpc) is 2.59. The second-order valence-corrected chi connectivity index (χ2v) is 5.82. The van der Waals surface area contributed by atoms with Gasteiger partial charge in [0.2, 0.25) is 0 Å². The molecule has 0 aliphatic rings. The topological polar surface area (TPSA) is 104 Å². The molecule has 8 nitrogen and oxygen atoms in total. The molecular weight excluding hydrogens is 338 g/mol. The standard InChI is InChI=1S/C18H15N3O5/c1-11-6-7-20-15(8-11)19-13(9-16(20)22)10-26-18(23)17-12(2)4-3-5-14(17)21(24)25/h3-9H,10H2,1-2H3. The summed E-state index contributed by atoms with van der Waals surface area (Å²) >= 11 is 0. The second-order valence-electron chi connectivity index (χ2n) is 5.82. The second kappa shape index (κ2) is 6.75. The van der Waals surface area contributed by atoms with E-state index >= 15 is 0 Å². The fourth-order valence-electron chi connectivity index (χ4n) is 2.61. The maximum Gasteiger partial charge on any atom is 0.345 e. The minimum atomic E-state index is -0.832. The Hall–Kier alpha value is -3.55. The zero-order valence-corrected chi connectivity index (χ0v) is 14.1. The highest BCUT2D eigenvalue weighted by atomic mass is 16.6. The molecular formula is C18H15N3O5. The van der Waals surface area contributed by atoms with E-state index in [1.807, 2.05) is 6.92 Å². The summed E-state index contributed by atoms with van der Waals surface area (Å²) < 4.78 is 6.55. The lowest BCUT2D eigenvalue weighted by atomic mass is 10.1. The van der Waals surface area contributed by atoms with Crippen molar-refractivity contribution < 1.29 is 14.5 Å². The van der Waals surface area contributed by atoms with Gasteiger partial charge in [0.05, 0.1) is 10.6 Å². The molecule has 0 saturated heterocycles. The molecule has 0 aliphatic heterocycles. The fourth-order valence-corrected chi connectivity index (χ4v) is 2.61. The number of nitrogens with zero attached hydrogens (tertiary/aromatic N) is 3. The smallest absolute Gasteiger partial charge is 0.345 e. The zero-order valence-electron chi connectivity index (χ0n) is 14.1. The van der Waals surface area contributed by atoms with Crippen LogP contribution < -0.4 is 5.56 Å². The van der Waals surface area contributed by atoms with Crippen molar-refractivity contribution in [2.45, 2.75) is 20.5 Å². The molecule has 0 bridgehead atoms. The van der Waals surface area contributed by atoms with Crippen LogP contribution in [0.5, 0.6) is 0 Å². The summed E-state index contributed by atoms with van der Waals surface area (Å²) in [5, 5.41) is 11.1. The predicted molar refractivity (Wildman–Crippen MR) is 93.2 cm³/mol. The number of pyridine rings is 1. The number of fused-ring (bicyclic) bond motifs is 1. The summed E-state index contributed by atoms with van der Waals surface area (Å²) in [4.78, 5) is 39.2. The number of aromatic nitrogens is 2. The molecule has 132 valence electrons. The first-order chi connectivity index (χ1) is 12.4. The Morgan fingerprint density at radius 2 is 2.04 bits per heavy atom. The minimum absolute atomic E-state index is 0.106. The number of carbonyl (C=O) groups excluding carboxylic acids is 1. The van der Waals surface area contributed by atoms with Crippen molar-refractivity contribution in [1.29, 1.82) is 0 Å². The average molecular weight is 353 g/mol. The lowest BCUT2D eigenvalue weighted by molar-refractivity contribution is -0.385. The molecule has 2 heterocycles. The van der Waals surface area contributed by atoms with Gasteiger partial charge in [0, 0.05) is 18.3 Å². The summed E-state index contributed by atoms with van der Waals surface area (Å²) in [6, 6.07) is 9.12. The van der Waals surface area contributed by atoms with E-state index in [1.54, 1.807) is 31.3 Å². The van der Waals surface area contributed by atoms with Crippen LogP contribution in [0.4, 0.5) is 5.69 Å². The van der Waals surface area contributed by atoms with E-state index in [-0.39, 0.29) is 29.1 Å². The van der Waals surface area contributed by atoms with Gasteiger partial charge in [-0.1, -0.05) is 12.1 Å². The van der Waals surface area contributed by atoms with E-state index < -0.39 is 10.9 Å². The molecule has 3 aromatic rings. The van der Waals surface area contributed by atoms with Crippen LogP contribution in [0, 0.1) is 24.0 Å². The Morgan fingerprint density at radius 1 is 1.27 bits per heavy atom. The summed E-state index contributed by atoms with van der Waals surface area (Å²) in [5.74, 6) is -0.832. The molecule has 0 amide bonds. The van der Waals surface area contributed by atoms with E-state index in [1.165, 1.54) is 22.6 Å². The molecule has 0 saturated carbocycles. The van der Waals surface area contributed by atoms with Crippen molar-refractivity contribution in [3.63, 3.8) is 0 Å². The first kappa shape index (κ1) is 17.3. The maximum atomic E-state index is 12.3. The van der Waals surface area contributed by atoms with Gasteiger partial charge < -0.3 is 4.74 Å². The zero-order chi connectivity index (χ0) is 18.8. The Morgan fingerprint density at radius 3 is 2.77 bits per heavy atom. The van der Waals surface area contributed by atoms with Crippen molar-refractivity contribution in [2.75, 3.05) is 0 Å². The number of rotatable bonds is 4. The van der Waals surface area contributed by atoms with Gasteiger partial charge in [-0.3, -0.25) is 19.3 Å². The largest absolute Gasteiger partial charge is 0.455 e. The molecule has 2 aromatic heterocycles. The van der Waals surface area contributed by atoms with E-state index in [0.717, 1.165) is 5.56 Å². The monoisotopic (exact) mass is 353 g/mol. The Kier molecular flexibility index (Phi) is 4.49. The van der Waals surface area contributed by atoms with E-state index in [0.29, 0.717) is 11.2 Å². The quantitative estimate of drug-likeness (QED) is 0.406. The van der Waals surface area contributed by atoms with Crippen LogP contribution in [0.3, 0.4) is 0 Å². The van der Waals surface area contributed by atoms with Gasteiger partial charge in [-0.25, -0.2) is 9.78 Å². The highest BCUT2D eigenvalue weighted by Crippen LogP contribution is 2.23. The predicted octanol–water partition coefficient (Wildman–Crippen LogP) is 2.58. The first-order valence-electron chi connectivity index (χ1n) is 7.77. The Bertz CT molecular complexity index is 1090. The molecule has 8 heteroatoms. The van der Waals surface area contributed by atoms with Crippen LogP contribution >= 0.6 is 0 Å². The molecule has 0 unspecified atom stereocenters. The summed E-state index contributed by atoms with van der Waals surface area (Å²) in [7, 11) is 0. The highest BCUT2D eigenvalue weighted by molar-refractivity contribution is 5.95. The molecule has 0 spiro atoms. The minimum Gasteiger partial charge on any atom is -0.455 e. The van der Waals surface area contributed by atoms with Gasteiger partial charge in [0.25, 0.3) is 11.2 Å².